The number of hydrogen-bond donors (Lipinski definition) is 4. The maximum absolute atomic E-state index is 13.5. The van der Waals surface area contributed by atoms with Crippen molar-refractivity contribution in [3.8, 4) is 0 Å². The number of rotatable bonds is 3. The molecule has 1 aromatic carbocycles. The highest BCUT2D eigenvalue weighted by molar-refractivity contribution is 6.02. The van der Waals surface area contributed by atoms with Gasteiger partial charge in [-0.05, 0) is 18.2 Å². The molecule has 0 atom stereocenters. The molecule has 0 saturated heterocycles. The minimum Gasteiger partial charge on any atom is -0.366 e. The molecule has 2 amide bonds. The Morgan fingerprint density at radius 1 is 1.37 bits per heavy atom. The summed E-state index contributed by atoms with van der Waals surface area (Å²) in [6.07, 6.45) is 0. The van der Waals surface area contributed by atoms with Gasteiger partial charge in [0.05, 0.1) is 5.69 Å². The van der Waals surface area contributed by atoms with E-state index in [0.717, 1.165) is 12.1 Å². The summed E-state index contributed by atoms with van der Waals surface area (Å²) in [6.45, 7) is 0. The van der Waals surface area contributed by atoms with E-state index in [9.17, 15) is 14.0 Å². The van der Waals surface area contributed by atoms with Crippen molar-refractivity contribution in [2.45, 2.75) is 0 Å². The van der Waals surface area contributed by atoms with E-state index < -0.39 is 17.6 Å². The lowest BCUT2D eigenvalue weighted by atomic mass is 10.2. The normalized spacial score (nSPS) is 10.2. The Labute approximate surface area is 106 Å². The number of nitrogen functional groups attached to an aromatic ring is 1. The van der Waals surface area contributed by atoms with Gasteiger partial charge in [-0.1, -0.05) is 0 Å². The number of amides is 2. The summed E-state index contributed by atoms with van der Waals surface area (Å²) >= 11 is 0. The first-order chi connectivity index (χ1) is 8.97. The summed E-state index contributed by atoms with van der Waals surface area (Å²) in [7, 11) is 0. The van der Waals surface area contributed by atoms with Gasteiger partial charge >= 0.3 is 0 Å². The average molecular weight is 264 g/mol. The molecule has 0 fully saturated rings. The molecular formula is C10H9FN6O2. The van der Waals surface area contributed by atoms with Gasteiger partial charge in [0.25, 0.3) is 5.91 Å². The highest BCUT2D eigenvalue weighted by Crippen LogP contribution is 2.16. The van der Waals surface area contributed by atoms with Gasteiger partial charge in [-0.25, -0.2) is 4.39 Å². The number of nitrogens with one attached hydrogen (secondary N) is 2. The SMILES string of the molecule is NC(=O)c1ccc(F)c(NC(=O)c2nc(N)n[nH]2)c1. The first kappa shape index (κ1) is 12.5. The molecule has 6 N–H and O–H groups in total. The van der Waals surface area contributed by atoms with E-state index in [1.54, 1.807) is 0 Å². The molecule has 2 rings (SSSR count). The third-order valence-corrected chi connectivity index (χ3v) is 2.22. The number of anilines is 2. The first-order valence-electron chi connectivity index (χ1n) is 5.06. The van der Waals surface area contributed by atoms with Gasteiger partial charge in [-0.2, -0.15) is 4.98 Å². The summed E-state index contributed by atoms with van der Waals surface area (Å²) in [5.41, 5.74) is 10.2. The van der Waals surface area contributed by atoms with Crippen molar-refractivity contribution in [3.63, 3.8) is 0 Å². The third-order valence-electron chi connectivity index (χ3n) is 2.22. The second-order valence-electron chi connectivity index (χ2n) is 3.56. The Morgan fingerprint density at radius 2 is 2.11 bits per heavy atom. The van der Waals surface area contributed by atoms with Crippen LogP contribution in [0.3, 0.4) is 0 Å². The van der Waals surface area contributed by atoms with Crippen LogP contribution in [0.15, 0.2) is 18.2 Å². The van der Waals surface area contributed by atoms with E-state index in [2.05, 4.69) is 20.5 Å². The van der Waals surface area contributed by atoms with Crippen LogP contribution < -0.4 is 16.8 Å². The molecule has 1 aromatic heterocycles. The van der Waals surface area contributed by atoms with E-state index in [0.29, 0.717) is 0 Å². The van der Waals surface area contributed by atoms with Crippen LogP contribution in [0.5, 0.6) is 0 Å². The topological polar surface area (TPSA) is 140 Å². The molecule has 98 valence electrons. The van der Waals surface area contributed by atoms with Gasteiger partial charge in [-0.15, -0.1) is 5.10 Å². The standard InChI is InChI=1S/C10H9FN6O2/c11-5-2-1-4(7(12)18)3-6(5)14-9(19)8-15-10(13)17-16-8/h1-3H,(H2,12,18)(H,14,19)(H3,13,15,16,17). The third kappa shape index (κ3) is 2.65. The molecule has 0 spiro atoms. The Kier molecular flexibility index (Phi) is 3.10. The number of aromatic nitrogens is 3. The first-order valence-corrected chi connectivity index (χ1v) is 5.06. The van der Waals surface area contributed by atoms with Crippen molar-refractivity contribution in [3.05, 3.63) is 35.4 Å². The fourth-order valence-electron chi connectivity index (χ4n) is 1.33. The quantitative estimate of drug-likeness (QED) is 0.611. The molecule has 0 unspecified atom stereocenters. The number of hydrogen-bond acceptors (Lipinski definition) is 5. The van der Waals surface area contributed by atoms with Gasteiger partial charge in [0, 0.05) is 5.56 Å². The van der Waals surface area contributed by atoms with E-state index in [1.165, 1.54) is 6.07 Å². The zero-order chi connectivity index (χ0) is 14.0. The molecule has 0 saturated carbocycles. The van der Waals surface area contributed by atoms with Crippen molar-refractivity contribution < 1.29 is 14.0 Å². The molecule has 19 heavy (non-hydrogen) atoms. The molecule has 0 aliphatic rings. The lowest BCUT2D eigenvalue weighted by molar-refractivity contribution is 0.0994. The smallest absolute Gasteiger partial charge is 0.293 e. The van der Waals surface area contributed by atoms with Crippen molar-refractivity contribution in [2.24, 2.45) is 5.73 Å². The Bertz CT molecular complexity index is 653. The van der Waals surface area contributed by atoms with Crippen LogP contribution in [-0.2, 0) is 0 Å². The number of primary amides is 1. The summed E-state index contributed by atoms with van der Waals surface area (Å²) in [4.78, 5) is 26.2. The van der Waals surface area contributed by atoms with Gasteiger partial charge < -0.3 is 16.8 Å². The number of halogens is 1. The summed E-state index contributed by atoms with van der Waals surface area (Å²) in [6, 6.07) is 3.35. The molecule has 0 radical (unpaired) electrons. The van der Waals surface area contributed by atoms with Gasteiger partial charge in [0.2, 0.25) is 17.7 Å². The maximum Gasteiger partial charge on any atom is 0.293 e. The largest absolute Gasteiger partial charge is 0.366 e. The number of nitrogens with zero attached hydrogens (tertiary/aromatic N) is 2. The molecule has 9 heteroatoms. The second kappa shape index (κ2) is 4.72. The van der Waals surface area contributed by atoms with Crippen LogP contribution in [0.1, 0.15) is 21.0 Å². The maximum atomic E-state index is 13.5. The molecule has 0 bridgehead atoms. The van der Waals surface area contributed by atoms with Crippen LogP contribution in [0.25, 0.3) is 0 Å². The highest BCUT2D eigenvalue weighted by Gasteiger charge is 2.14. The zero-order valence-corrected chi connectivity index (χ0v) is 9.48. The number of nitrogens with two attached hydrogens (primary N) is 2. The minimum atomic E-state index is -0.746. The average Bonchev–Trinajstić information content (AvgIpc) is 2.78. The van der Waals surface area contributed by atoms with Gasteiger partial charge in [0.15, 0.2) is 0 Å². The van der Waals surface area contributed by atoms with Crippen molar-refractivity contribution in [1.29, 1.82) is 0 Å². The highest BCUT2D eigenvalue weighted by atomic mass is 19.1. The van der Waals surface area contributed by atoms with Crippen molar-refractivity contribution >= 4 is 23.5 Å². The number of carbonyl (C=O) groups excluding carboxylic acids is 2. The fraction of sp³-hybridized carbons (Fsp3) is 0. The van der Waals surface area contributed by atoms with E-state index in [1.807, 2.05) is 0 Å². The Balaban J connectivity index is 2.25. The van der Waals surface area contributed by atoms with Crippen LogP contribution >= 0.6 is 0 Å². The number of aromatic amines is 1. The number of benzene rings is 1. The zero-order valence-electron chi connectivity index (χ0n) is 9.48. The monoisotopic (exact) mass is 264 g/mol. The summed E-state index contributed by atoms with van der Waals surface area (Å²) in [5, 5.41) is 7.95. The lowest BCUT2D eigenvalue weighted by Crippen LogP contribution is -2.16. The van der Waals surface area contributed by atoms with Crippen LogP contribution in [0, 0.1) is 5.82 Å². The predicted molar refractivity (Wildman–Crippen MR) is 63.7 cm³/mol. The Morgan fingerprint density at radius 3 is 2.68 bits per heavy atom. The van der Waals surface area contributed by atoms with E-state index >= 15 is 0 Å². The summed E-state index contributed by atoms with van der Waals surface area (Å²) < 4.78 is 13.5. The van der Waals surface area contributed by atoms with Crippen molar-refractivity contribution in [2.75, 3.05) is 11.1 Å². The summed E-state index contributed by atoms with van der Waals surface area (Å²) in [5.74, 6) is -2.49. The van der Waals surface area contributed by atoms with Crippen LogP contribution in [-0.4, -0.2) is 27.0 Å². The number of H-pyrrole nitrogens is 1. The molecule has 8 nitrogen and oxygen atoms in total. The molecule has 0 aliphatic heterocycles. The van der Waals surface area contributed by atoms with Gasteiger partial charge in [0.1, 0.15) is 5.82 Å². The van der Waals surface area contributed by atoms with E-state index in [4.69, 9.17) is 11.5 Å². The Hall–Kier alpha value is -2.97. The van der Waals surface area contributed by atoms with Crippen LogP contribution in [0.2, 0.25) is 0 Å². The molecule has 2 aromatic rings. The lowest BCUT2D eigenvalue weighted by Gasteiger charge is -2.05. The predicted octanol–water partition coefficient (Wildman–Crippen LogP) is -0.123. The minimum absolute atomic E-state index is 0.0637. The van der Waals surface area contributed by atoms with Gasteiger partial charge in [-0.3, -0.25) is 14.7 Å². The second-order valence-corrected chi connectivity index (χ2v) is 3.56. The van der Waals surface area contributed by atoms with E-state index in [-0.39, 0.29) is 23.0 Å². The fourth-order valence-corrected chi connectivity index (χ4v) is 1.33. The van der Waals surface area contributed by atoms with Crippen molar-refractivity contribution in [1.82, 2.24) is 15.2 Å². The number of carbonyl (C=O) groups is 2. The molecule has 0 aliphatic carbocycles. The molecule has 1 heterocycles. The van der Waals surface area contributed by atoms with Crippen LogP contribution in [0.4, 0.5) is 16.0 Å². The molecular weight excluding hydrogens is 255 g/mol.